The number of nitrogens with one attached hydrogen (secondary N) is 1. The van der Waals surface area contributed by atoms with Crippen molar-refractivity contribution in [1.29, 1.82) is 0 Å². The highest BCUT2D eigenvalue weighted by Crippen LogP contribution is 2.19. The number of aromatic nitrogens is 3. The molecule has 1 amide bonds. The molecule has 0 spiro atoms. The molecule has 0 aliphatic rings. The Bertz CT molecular complexity index is 664. The Hall–Kier alpha value is -2.21. The fourth-order valence-corrected chi connectivity index (χ4v) is 2.35. The van der Waals surface area contributed by atoms with E-state index in [9.17, 15) is 9.90 Å². The monoisotopic (exact) mass is 316 g/mol. The maximum Gasteiger partial charge on any atom is 0.254 e. The highest BCUT2D eigenvalue weighted by atomic mass is 16.3. The van der Waals surface area contributed by atoms with E-state index in [2.05, 4.69) is 15.4 Å². The average Bonchev–Trinajstić information content (AvgIpc) is 2.94. The summed E-state index contributed by atoms with van der Waals surface area (Å²) in [5.41, 5.74) is 1.17. The number of carbonyl (C=O) groups is 1. The van der Waals surface area contributed by atoms with Crippen LogP contribution in [0.1, 0.15) is 43.2 Å². The van der Waals surface area contributed by atoms with Crippen LogP contribution in [0.25, 0.3) is 5.69 Å². The molecule has 2 aromatic rings. The maximum absolute atomic E-state index is 12.4. The number of rotatable bonds is 6. The second-order valence-electron chi connectivity index (χ2n) is 6.11. The Morgan fingerprint density at radius 2 is 2.09 bits per heavy atom. The number of pyridine rings is 1. The van der Waals surface area contributed by atoms with Crippen LogP contribution in [0.5, 0.6) is 0 Å². The predicted octanol–water partition coefficient (Wildman–Crippen LogP) is 2.10. The first-order valence-corrected chi connectivity index (χ1v) is 7.82. The summed E-state index contributed by atoms with van der Waals surface area (Å²) in [5.74, 6) is -0.130. The van der Waals surface area contributed by atoms with Crippen LogP contribution in [0.3, 0.4) is 0 Å². The lowest BCUT2D eigenvalue weighted by molar-refractivity contribution is 0.00592. The zero-order chi connectivity index (χ0) is 17.0. The molecule has 0 saturated heterocycles. The summed E-state index contributed by atoms with van der Waals surface area (Å²) in [6.07, 6.45) is 5.75. The zero-order valence-corrected chi connectivity index (χ0v) is 14.1. The van der Waals surface area contributed by atoms with E-state index in [0.717, 1.165) is 17.8 Å². The van der Waals surface area contributed by atoms with Crippen LogP contribution in [0, 0.1) is 12.8 Å². The van der Waals surface area contributed by atoms with Crippen molar-refractivity contribution in [3.05, 3.63) is 42.0 Å². The van der Waals surface area contributed by atoms with E-state index in [1.165, 1.54) is 0 Å². The minimum Gasteiger partial charge on any atom is -0.388 e. The molecule has 0 aromatic carbocycles. The Kier molecular flexibility index (Phi) is 5.15. The summed E-state index contributed by atoms with van der Waals surface area (Å²) in [6, 6.07) is 3.66. The fraction of sp³-hybridized carbons (Fsp3) is 0.471. The van der Waals surface area contributed by atoms with Crippen molar-refractivity contribution >= 4 is 5.91 Å². The van der Waals surface area contributed by atoms with Crippen LogP contribution in [0.15, 0.2) is 30.7 Å². The van der Waals surface area contributed by atoms with Gasteiger partial charge in [-0.15, -0.1) is 0 Å². The summed E-state index contributed by atoms with van der Waals surface area (Å²) in [6.45, 7) is 7.79. The van der Waals surface area contributed by atoms with E-state index in [4.69, 9.17) is 0 Å². The number of hydrogen-bond donors (Lipinski definition) is 2. The highest BCUT2D eigenvalue weighted by Gasteiger charge is 2.28. The number of carbonyl (C=O) groups excluding carboxylic acids is 1. The molecular formula is C17H24N4O2. The minimum absolute atomic E-state index is 0.100. The van der Waals surface area contributed by atoms with Gasteiger partial charge in [0.2, 0.25) is 0 Å². The van der Waals surface area contributed by atoms with E-state index in [1.807, 2.05) is 32.9 Å². The molecule has 23 heavy (non-hydrogen) atoms. The maximum atomic E-state index is 12.4. The van der Waals surface area contributed by atoms with Crippen LogP contribution in [0.4, 0.5) is 0 Å². The number of aliphatic hydroxyl groups is 1. The summed E-state index contributed by atoms with van der Waals surface area (Å²) in [7, 11) is 0. The molecule has 0 aliphatic carbocycles. The second-order valence-corrected chi connectivity index (χ2v) is 6.11. The minimum atomic E-state index is -0.931. The first-order chi connectivity index (χ1) is 10.9. The third-order valence-electron chi connectivity index (χ3n) is 4.44. The normalized spacial score (nSPS) is 15.0. The summed E-state index contributed by atoms with van der Waals surface area (Å²) < 4.78 is 1.70. The van der Waals surface area contributed by atoms with Crippen molar-refractivity contribution in [2.45, 2.75) is 39.7 Å². The van der Waals surface area contributed by atoms with Gasteiger partial charge in [-0.05, 0) is 31.9 Å². The number of hydrogen-bond acceptors (Lipinski definition) is 4. The molecule has 2 rings (SSSR count). The van der Waals surface area contributed by atoms with Crippen LogP contribution < -0.4 is 5.32 Å². The summed E-state index contributed by atoms with van der Waals surface area (Å²) in [4.78, 5) is 16.4. The van der Waals surface area contributed by atoms with Gasteiger partial charge < -0.3 is 10.4 Å². The summed E-state index contributed by atoms with van der Waals surface area (Å²) >= 11 is 0. The molecule has 0 saturated carbocycles. The third kappa shape index (κ3) is 3.76. The van der Waals surface area contributed by atoms with Gasteiger partial charge in [-0.2, -0.15) is 5.10 Å². The van der Waals surface area contributed by atoms with Crippen molar-refractivity contribution in [1.82, 2.24) is 20.1 Å². The topological polar surface area (TPSA) is 80.0 Å². The van der Waals surface area contributed by atoms with E-state index in [-0.39, 0.29) is 18.4 Å². The van der Waals surface area contributed by atoms with Crippen molar-refractivity contribution in [2.24, 2.45) is 5.92 Å². The van der Waals surface area contributed by atoms with Crippen molar-refractivity contribution < 1.29 is 9.90 Å². The van der Waals surface area contributed by atoms with Crippen molar-refractivity contribution in [3.63, 3.8) is 0 Å². The van der Waals surface area contributed by atoms with E-state index in [0.29, 0.717) is 5.56 Å². The van der Waals surface area contributed by atoms with Crippen LogP contribution in [-0.2, 0) is 0 Å². The Morgan fingerprint density at radius 3 is 2.70 bits per heavy atom. The van der Waals surface area contributed by atoms with Crippen molar-refractivity contribution in [3.8, 4) is 5.69 Å². The smallest absolute Gasteiger partial charge is 0.254 e. The molecule has 0 fully saturated rings. The van der Waals surface area contributed by atoms with Gasteiger partial charge >= 0.3 is 0 Å². The molecule has 2 unspecified atom stereocenters. The van der Waals surface area contributed by atoms with E-state index in [1.54, 1.807) is 30.2 Å². The third-order valence-corrected chi connectivity index (χ3v) is 4.44. The largest absolute Gasteiger partial charge is 0.388 e. The van der Waals surface area contributed by atoms with Gasteiger partial charge in [0.05, 0.1) is 28.7 Å². The molecule has 0 bridgehead atoms. The van der Waals surface area contributed by atoms with Gasteiger partial charge in [0, 0.05) is 18.9 Å². The molecule has 2 atom stereocenters. The molecule has 124 valence electrons. The lowest BCUT2D eigenvalue weighted by Crippen LogP contribution is -2.45. The average molecular weight is 316 g/mol. The van der Waals surface area contributed by atoms with E-state index >= 15 is 0 Å². The SMILES string of the molecule is CCC(C)C(C)(O)CNC(=O)c1cnn(-c2ccncc2)c1C. The van der Waals surface area contributed by atoms with Gasteiger partial charge in [-0.25, -0.2) is 4.68 Å². The van der Waals surface area contributed by atoms with Gasteiger partial charge in [0.25, 0.3) is 5.91 Å². The highest BCUT2D eigenvalue weighted by molar-refractivity contribution is 5.95. The summed E-state index contributed by atoms with van der Waals surface area (Å²) in [5, 5.41) is 17.5. The molecule has 6 heteroatoms. The predicted molar refractivity (Wildman–Crippen MR) is 88.5 cm³/mol. The molecular weight excluding hydrogens is 292 g/mol. The van der Waals surface area contributed by atoms with Gasteiger partial charge in [0.1, 0.15) is 0 Å². The standard InChI is InChI=1S/C17H24N4O2/c1-5-12(2)17(4,23)11-19-16(22)15-10-20-21(13(15)3)14-6-8-18-9-7-14/h6-10,12,23H,5,11H2,1-4H3,(H,19,22). The lowest BCUT2D eigenvalue weighted by atomic mass is 9.88. The van der Waals surface area contributed by atoms with E-state index < -0.39 is 5.60 Å². The molecule has 2 aromatic heterocycles. The Labute approximate surface area is 136 Å². The molecule has 2 N–H and O–H groups in total. The van der Waals surface area contributed by atoms with Gasteiger partial charge in [-0.3, -0.25) is 9.78 Å². The van der Waals surface area contributed by atoms with Crippen LogP contribution in [0.2, 0.25) is 0 Å². The first-order valence-electron chi connectivity index (χ1n) is 7.82. The lowest BCUT2D eigenvalue weighted by Gasteiger charge is -2.29. The zero-order valence-electron chi connectivity index (χ0n) is 14.1. The van der Waals surface area contributed by atoms with Gasteiger partial charge in [0.15, 0.2) is 0 Å². The number of nitrogens with zero attached hydrogens (tertiary/aromatic N) is 3. The molecule has 6 nitrogen and oxygen atoms in total. The first kappa shape index (κ1) is 17.1. The quantitative estimate of drug-likeness (QED) is 0.855. The molecule has 0 aliphatic heterocycles. The molecule has 2 heterocycles. The van der Waals surface area contributed by atoms with Gasteiger partial charge in [-0.1, -0.05) is 20.3 Å². The Morgan fingerprint density at radius 1 is 1.43 bits per heavy atom. The Balaban J connectivity index is 2.11. The second kappa shape index (κ2) is 6.91. The van der Waals surface area contributed by atoms with Crippen LogP contribution >= 0.6 is 0 Å². The molecule has 0 radical (unpaired) electrons. The van der Waals surface area contributed by atoms with Crippen molar-refractivity contribution in [2.75, 3.05) is 6.54 Å². The fourth-order valence-electron chi connectivity index (χ4n) is 2.35. The number of amides is 1. The van der Waals surface area contributed by atoms with Crippen LogP contribution in [-0.4, -0.2) is 37.9 Å².